The second-order valence-corrected chi connectivity index (χ2v) is 4.45. The van der Waals surface area contributed by atoms with Crippen LogP contribution in [-0.4, -0.2) is 0 Å². The smallest absolute Gasteiger partial charge is 0.0868 e. The van der Waals surface area contributed by atoms with E-state index in [0.29, 0.717) is 0 Å². The van der Waals surface area contributed by atoms with E-state index in [0.717, 1.165) is 5.00 Å². The summed E-state index contributed by atoms with van der Waals surface area (Å²) in [6.45, 7) is 5.49. The summed E-state index contributed by atoms with van der Waals surface area (Å²) < 4.78 is 1.26. The molecular formula is C15H17NS. The van der Waals surface area contributed by atoms with Crippen molar-refractivity contribution < 1.29 is 0 Å². The molecule has 2 heteroatoms. The first kappa shape index (κ1) is 13.3. The van der Waals surface area contributed by atoms with Crippen LogP contribution >= 0.6 is 11.3 Å². The number of fused-ring (bicyclic) bond motifs is 1. The van der Waals surface area contributed by atoms with Gasteiger partial charge in [-0.15, -0.1) is 11.3 Å². The van der Waals surface area contributed by atoms with Crippen molar-refractivity contribution in [3.8, 4) is 0 Å². The molecule has 2 aromatic rings. The highest BCUT2D eigenvalue weighted by Crippen LogP contribution is 2.26. The van der Waals surface area contributed by atoms with Gasteiger partial charge in [0.2, 0.25) is 0 Å². The Bertz CT molecular complexity index is 487. The van der Waals surface area contributed by atoms with Crippen LogP contribution in [-0.2, 0) is 0 Å². The van der Waals surface area contributed by atoms with Crippen molar-refractivity contribution in [3.05, 3.63) is 67.3 Å². The Morgan fingerprint density at radius 2 is 1.94 bits per heavy atom. The van der Waals surface area contributed by atoms with Crippen LogP contribution in [0.25, 0.3) is 10.1 Å². The molecule has 0 amide bonds. The number of nitrogens with two attached hydrogens (primary N) is 1. The van der Waals surface area contributed by atoms with Crippen molar-refractivity contribution in [1.29, 1.82) is 0 Å². The fraction of sp³-hybridized carbons (Fsp3) is 0.0667. The van der Waals surface area contributed by atoms with Crippen molar-refractivity contribution in [2.75, 3.05) is 5.73 Å². The average molecular weight is 243 g/mol. The number of thiophene rings is 1. The summed E-state index contributed by atoms with van der Waals surface area (Å²) in [5, 5.41) is 2.13. The lowest BCUT2D eigenvalue weighted by molar-refractivity contribution is 1.73. The molecule has 0 spiro atoms. The summed E-state index contributed by atoms with van der Waals surface area (Å²) in [4.78, 5) is 0. The highest BCUT2D eigenvalue weighted by atomic mass is 32.1. The van der Waals surface area contributed by atoms with Gasteiger partial charge in [0.1, 0.15) is 0 Å². The quantitative estimate of drug-likeness (QED) is 0.754. The fourth-order valence-corrected chi connectivity index (χ4v) is 2.09. The van der Waals surface area contributed by atoms with Gasteiger partial charge < -0.3 is 5.73 Å². The standard InChI is InChI=1S/C8H7NS.C7H10/c9-8-5-6-3-1-2-4-7(6)10-8;1-3-5-7-6-4-2/h1-5H,9H2;3-7H,1H2,2H3/b;6-4-,7-5-. The minimum atomic E-state index is 0.890. The van der Waals surface area contributed by atoms with Crippen LogP contribution in [0, 0.1) is 0 Å². The molecule has 0 aliphatic rings. The summed E-state index contributed by atoms with van der Waals surface area (Å²) in [6, 6.07) is 10.2. The number of benzene rings is 1. The first-order valence-electron chi connectivity index (χ1n) is 5.42. The van der Waals surface area contributed by atoms with E-state index in [1.807, 2.05) is 49.4 Å². The van der Waals surface area contributed by atoms with Gasteiger partial charge in [-0.2, -0.15) is 0 Å². The molecule has 1 nitrogen and oxygen atoms in total. The van der Waals surface area contributed by atoms with Crippen LogP contribution in [0.2, 0.25) is 0 Å². The van der Waals surface area contributed by atoms with Gasteiger partial charge in [-0.3, -0.25) is 0 Å². The lowest BCUT2D eigenvalue weighted by Gasteiger charge is -1.81. The molecular weight excluding hydrogens is 226 g/mol. The van der Waals surface area contributed by atoms with Gasteiger partial charge in [-0.05, 0) is 24.4 Å². The number of rotatable bonds is 2. The molecule has 1 aromatic heterocycles. The second kappa shape index (κ2) is 7.47. The third-order valence-corrected chi connectivity index (χ3v) is 2.94. The van der Waals surface area contributed by atoms with Gasteiger partial charge in [0.05, 0.1) is 5.00 Å². The molecule has 0 radical (unpaired) electrons. The van der Waals surface area contributed by atoms with Crippen molar-refractivity contribution in [2.45, 2.75) is 6.92 Å². The van der Waals surface area contributed by atoms with Crippen LogP contribution < -0.4 is 5.73 Å². The predicted octanol–water partition coefficient (Wildman–Crippen LogP) is 4.79. The van der Waals surface area contributed by atoms with Crippen LogP contribution in [0.5, 0.6) is 0 Å². The Kier molecular flexibility index (Phi) is 5.83. The molecule has 0 aliphatic heterocycles. The monoisotopic (exact) mass is 243 g/mol. The minimum absolute atomic E-state index is 0.890. The summed E-state index contributed by atoms with van der Waals surface area (Å²) >= 11 is 1.63. The maximum atomic E-state index is 5.61. The molecule has 0 fully saturated rings. The van der Waals surface area contributed by atoms with E-state index >= 15 is 0 Å². The van der Waals surface area contributed by atoms with E-state index in [1.54, 1.807) is 17.4 Å². The van der Waals surface area contributed by atoms with Crippen LogP contribution in [0.3, 0.4) is 0 Å². The molecule has 1 aromatic carbocycles. The molecule has 1 heterocycles. The summed E-state index contributed by atoms with van der Waals surface area (Å²) in [5.41, 5.74) is 5.61. The predicted molar refractivity (Wildman–Crippen MR) is 80.4 cm³/mol. The van der Waals surface area contributed by atoms with Crippen molar-refractivity contribution >= 4 is 26.4 Å². The summed E-state index contributed by atoms with van der Waals surface area (Å²) in [7, 11) is 0. The van der Waals surface area contributed by atoms with Crippen LogP contribution in [0.15, 0.2) is 67.3 Å². The number of hydrogen-bond donors (Lipinski definition) is 1. The third-order valence-electron chi connectivity index (χ3n) is 2.00. The van der Waals surface area contributed by atoms with Gasteiger partial charge >= 0.3 is 0 Å². The zero-order chi connectivity index (χ0) is 12.5. The normalized spacial score (nSPS) is 10.6. The SMILES string of the molecule is C=C/C=C\C=C/C.Nc1cc2ccccc2s1. The molecule has 0 atom stereocenters. The first-order chi connectivity index (χ1) is 8.27. The van der Waals surface area contributed by atoms with E-state index in [4.69, 9.17) is 5.73 Å². The van der Waals surface area contributed by atoms with Crippen molar-refractivity contribution in [2.24, 2.45) is 0 Å². The highest BCUT2D eigenvalue weighted by molar-refractivity contribution is 7.22. The Morgan fingerprint density at radius 3 is 2.59 bits per heavy atom. The largest absolute Gasteiger partial charge is 0.391 e. The molecule has 88 valence electrons. The third kappa shape index (κ3) is 4.70. The maximum absolute atomic E-state index is 5.61. The van der Waals surface area contributed by atoms with Crippen LogP contribution in [0.4, 0.5) is 5.00 Å². The Balaban J connectivity index is 0.000000185. The number of hydrogen-bond acceptors (Lipinski definition) is 2. The van der Waals surface area contributed by atoms with E-state index in [9.17, 15) is 0 Å². The molecule has 0 unspecified atom stereocenters. The van der Waals surface area contributed by atoms with E-state index in [1.165, 1.54) is 10.1 Å². The number of allylic oxidation sites excluding steroid dienone is 5. The van der Waals surface area contributed by atoms with Gasteiger partial charge in [0, 0.05) is 4.70 Å². The molecule has 17 heavy (non-hydrogen) atoms. The molecule has 0 saturated carbocycles. The molecule has 0 saturated heterocycles. The molecule has 0 aliphatic carbocycles. The second-order valence-electron chi connectivity index (χ2n) is 3.33. The van der Waals surface area contributed by atoms with E-state index in [2.05, 4.69) is 18.7 Å². The minimum Gasteiger partial charge on any atom is -0.391 e. The van der Waals surface area contributed by atoms with Gasteiger partial charge in [-0.1, -0.05) is 55.2 Å². The van der Waals surface area contributed by atoms with E-state index < -0.39 is 0 Å². The Morgan fingerprint density at radius 1 is 1.18 bits per heavy atom. The van der Waals surface area contributed by atoms with Crippen molar-refractivity contribution in [3.63, 3.8) is 0 Å². The maximum Gasteiger partial charge on any atom is 0.0868 e. The van der Waals surface area contributed by atoms with Gasteiger partial charge in [0.25, 0.3) is 0 Å². The zero-order valence-electron chi connectivity index (χ0n) is 9.97. The lowest BCUT2D eigenvalue weighted by atomic mass is 10.3. The first-order valence-corrected chi connectivity index (χ1v) is 6.24. The fourth-order valence-electron chi connectivity index (χ4n) is 1.26. The van der Waals surface area contributed by atoms with Gasteiger partial charge in [-0.25, -0.2) is 0 Å². The molecule has 2 N–H and O–H groups in total. The highest BCUT2D eigenvalue weighted by Gasteiger charge is 1.94. The topological polar surface area (TPSA) is 26.0 Å². The Labute approximate surface area is 107 Å². The molecule has 0 bridgehead atoms. The summed E-state index contributed by atoms with van der Waals surface area (Å²) in [5.74, 6) is 0. The number of anilines is 1. The number of nitrogen functional groups attached to an aromatic ring is 1. The zero-order valence-corrected chi connectivity index (χ0v) is 10.8. The van der Waals surface area contributed by atoms with Crippen molar-refractivity contribution in [1.82, 2.24) is 0 Å². The van der Waals surface area contributed by atoms with Gasteiger partial charge in [0.15, 0.2) is 0 Å². The van der Waals surface area contributed by atoms with E-state index in [-0.39, 0.29) is 0 Å². The average Bonchev–Trinajstić information content (AvgIpc) is 2.70. The van der Waals surface area contributed by atoms with Crippen LogP contribution in [0.1, 0.15) is 6.92 Å². The Hall–Kier alpha value is -1.80. The molecule has 2 rings (SSSR count). The summed E-state index contributed by atoms with van der Waals surface area (Å²) in [6.07, 6.45) is 9.51. The lowest BCUT2D eigenvalue weighted by Crippen LogP contribution is -1.72.